The topological polar surface area (TPSA) is 81.5 Å². The SMILES string of the molecule is C[C@@H](Oc1ccc(Cl)cc1Cl)C(=O)Nc1cc(Cl)c([N+](=O)[O-])cc1Cl. The number of amides is 1. The van der Waals surface area contributed by atoms with Gasteiger partial charge in [-0.1, -0.05) is 46.4 Å². The molecule has 0 aliphatic rings. The first-order valence-corrected chi connectivity index (χ1v) is 8.26. The van der Waals surface area contributed by atoms with Gasteiger partial charge in [-0.15, -0.1) is 0 Å². The second kappa shape index (κ2) is 8.10. The van der Waals surface area contributed by atoms with Crippen molar-refractivity contribution in [2.24, 2.45) is 0 Å². The predicted octanol–water partition coefficient (Wildman–Crippen LogP) is 5.61. The number of hydrogen-bond donors (Lipinski definition) is 1. The normalized spacial score (nSPS) is 11.7. The maximum atomic E-state index is 12.2. The smallest absolute Gasteiger partial charge is 0.289 e. The monoisotopic (exact) mass is 422 g/mol. The highest BCUT2D eigenvalue weighted by atomic mass is 35.5. The van der Waals surface area contributed by atoms with Gasteiger partial charge in [0.1, 0.15) is 10.8 Å². The fourth-order valence-electron chi connectivity index (χ4n) is 1.82. The zero-order chi connectivity index (χ0) is 18.7. The van der Waals surface area contributed by atoms with E-state index in [9.17, 15) is 14.9 Å². The summed E-state index contributed by atoms with van der Waals surface area (Å²) in [5.74, 6) is -0.264. The van der Waals surface area contributed by atoms with Crippen LogP contribution in [0.2, 0.25) is 20.1 Å². The molecule has 10 heteroatoms. The number of nitrogens with one attached hydrogen (secondary N) is 1. The van der Waals surface area contributed by atoms with Crippen molar-refractivity contribution in [1.82, 2.24) is 0 Å². The number of nitrogens with zero attached hydrogens (tertiary/aromatic N) is 1. The first-order valence-electron chi connectivity index (χ1n) is 6.75. The molecule has 0 spiro atoms. The number of nitro groups is 1. The van der Waals surface area contributed by atoms with Crippen LogP contribution in [0.4, 0.5) is 11.4 Å². The molecule has 132 valence electrons. The Morgan fingerprint density at radius 2 is 1.80 bits per heavy atom. The summed E-state index contributed by atoms with van der Waals surface area (Å²) < 4.78 is 5.48. The molecule has 2 aromatic carbocycles. The van der Waals surface area contributed by atoms with E-state index < -0.39 is 16.9 Å². The van der Waals surface area contributed by atoms with Gasteiger partial charge in [-0.2, -0.15) is 0 Å². The van der Waals surface area contributed by atoms with Crippen LogP contribution in [0.15, 0.2) is 30.3 Å². The van der Waals surface area contributed by atoms with E-state index in [-0.39, 0.29) is 32.2 Å². The molecule has 0 saturated carbocycles. The third-order valence-corrected chi connectivity index (χ3v) is 4.20. The molecular weight excluding hydrogens is 414 g/mol. The van der Waals surface area contributed by atoms with Gasteiger partial charge in [0.25, 0.3) is 11.6 Å². The molecule has 2 aromatic rings. The lowest BCUT2D eigenvalue weighted by Crippen LogP contribution is -2.30. The Morgan fingerprint density at radius 1 is 1.12 bits per heavy atom. The van der Waals surface area contributed by atoms with Crippen LogP contribution in [0.5, 0.6) is 5.75 Å². The molecule has 2 rings (SSSR count). The van der Waals surface area contributed by atoms with Gasteiger partial charge in [-0.3, -0.25) is 14.9 Å². The summed E-state index contributed by atoms with van der Waals surface area (Å²) in [6, 6.07) is 6.84. The van der Waals surface area contributed by atoms with Crippen LogP contribution in [0, 0.1) is 10.1 Å². The molecule has 0 fully saturated rings. The second-order valence-electron chi connectivity index (χ2n) is 4.86. The Labute approximate surface area is 162 Å². The summed E-state index contributed by atoms with van der Waals surface area (Å²) >= 11 is 23.5. The van der Waals surface area contributed by atoms with Crippen LogP contribution in [0.3, 0.4) is 0 Å². The minimum Gasteiger partial charge on any atom is -0.479 e. The first-order chi connectivity index (χ1) is 11.7. The highest BCUT2D eigenvalue weighted by Crippen LogP contribution is 2.34. The van der Waals surface area contributed by atoms with E-state index in [0.717, 1.165) is 6.07 Å². The largest absolute Gasteiger partial charge is 0.479 e. The van der Waals surface area contributed by atoms with E-state index in [1.165, 1.54) is 25.1 Å². The van der Waals surface area contributed by atoms with Gasteiger partial charge < -0.3 is 10.1 Å². The Bertz CT molecular complexity index is 845. The van der Waals surface area contributed by atoms with Crippen LogP contribution in [-0.4, -0.2) is 16.9 Å². The first kappa shape index (κ1) is 19.6. The van der Waals surface area contributed by atoms with E-state index in [0.29, 0.717) is 5.02 Å². The number of halogens is 4. The van der Waals surface area contributed by atoms with E-state index in [2.05, 4.69) is 5.32 Å². The Balaban J connectivity index is 2.13. The van der Waals surface area contributed by atoms with Crippen LogP contribution in [0.1, 0.15) is 6.92 Å². The predicted molar refractivity (Wildman–Crippen MR) is 98.3 cm³/mol. The molecule has 0 aliphatic carbocycles. The molecule has 0 unspecified atom stereocenters. The fraction of sp³-hybridized carbons (Fsp3) is 0.133. The van der Waals surface area contributed by atoms with Crippen molar-refractivity contribution in [1.29, 1.82) is 0 Å². The average molecular weight is 424 g/mol. The molecule has 1 amide bonds. The molecule has 0 radical (unpaired) electrons. The highest BCUT2D eigenvalue weighted by molar-refractivity contribution is 6.37. The molecule has 1 N–H and O–H groups in total. The van der Waals surface area contributed by atoms with Gasteiger partial charge in [-0.05, 0) is 31.2 Å². The van der Waals surface area contributed by atoms with Gasteiger partial charge in [-0.25, -0.2) is 0 Å². The zero-order valence-electron chi connectivity index (χ0n) is 12.6. The van der Waals surface area contributed by atoms with Gasteiger partial charge in [0.15, 0.2) is 6.10 Å². The number of carbonyl (C=O) groups excluding carboxylic acids is 1. The van der Waals surface area contributed by atoms with Crippen LogP contribution in [-0.2, 0) is 4.79 Å². The molecule has 0 heterocycles. The lowest BCUT2D eigenvalue weighted by molar-refractivity contribution is -0.384. The number of benzene rings is 2. The number of hydrogen-bond acceptors (Lipinski definition) is 4. The van der Waals surface area contributed by atoms with Gasteiger partial charge in [0.05, 0.1) is 20.7 Å². The van der Waals surface area contributed by atoms with Crippen molar-refractivity contribution in [3.8, 4) is 5.75 Å². The van der Waals surface area contributed by atoms with Crippen molar-refractivity contribution >= 4 is 63.7 Å². The third-order valence-electron chi connectivity index (χ3n) is 3.06. The van der Waals surface area contributed by atoms with E-state index in [1.54, 1.807) is 6.07 Å². The zero-order valence-corrected chi connectivity index (χ0v) is 15.6. The van der Waals surface area contributed by atoms with Crippen molar-refractivity contribution in [3.63, 3.8) is 0 Å². The quantitative estimate of drug-likeness (QED) is 0.500. The van der Waals surface area contributed by atoms with Crippen LogP contribution < -0.4 is 10.1 Å². The average Bonchev–Trinajstić information content (AvgIpc) is 2.52. The van der Waals surface area contributed by atoms with Crippen molar-refractivity contribution < 1.29 is 14.5 Å². The standard InChI is InChI=1S/C15H10Cl4N2O4/c1-7(25-14-3-2-8(16)4-11(14)19)15(22)20-12-5-10(18)13(21(23)24)6-9(12)17/h2-7H,1H3,(H,20,22)/t7-/m1/s1. The second-order valence-corrected chi connectivity index (χ2v) is 6.52. The molecular formula is C15H10Cl4N2O4. The summed E-state index contributed by atoms with van der Waals surface area (Å²) in [5, 5.41) is 13.8. The molecule has 0 aliphatic heterocycles. The number of nitro benzene ring substituents is 1. The highest BCUT2D eigenvalue weighted by Gasteiger charge is 2.21. The molecule has 6 nitrogen and oxygen atoms in total. The molecule has 25 heavy (non-hydrogen) atoms. The Hall–Kier alpha value is -1.73. The van der Waals surface area contributed by atoms with E-state index >= 15 is 0 Å². The lowest BCUT2D eigenvalue weighted by Gasteiger charge is -2.16. The fourth-order valence-corrected chi connectivity index (χ4v) is 2.71. The third kappa shape index (κ3) is 4.89. The van der Waals surface area contributed by atoms with E-state index in [4.69, 9.17) is 51.1 Å². The summed E-state index contributed by atoms with van der Waals surface area (Å²) in [7, 11) is 0. The Morgan fingerprint density at radius 3 is 2.40 bits per heavy atom. The minimum atomic E-state index is -0.927. The maximum Gasteiger partial charge on any atom is 0.289 e. The van der Waals surface area contributed by atoms with Crippen molar-refractivity contribution in [2.75, 3.05) is 5.32 Å². The summed E-state index contributed by atoms with van der Waals surface area (Å²) in [4.78, 5) is 22.4. The lowest BCUT2D eigenvalue weighted by atomic mass is 10.2. The maximum absolute atomic E-state index is 12.2. The Kier molecular flexibility index (Phi) is 6.35. The minimum absolute atomic E-state index is 0.0267. The number of anilines is 1. The van der Waals surface area contributed by atoms with Crippen molar-refractivity contribution in [2.45, 2.75) is 13.0 Å². The van der Waals surface area contributed by atoms with Gasteiger partial charge >= 0.3 is 0 Å². The number of ether oxygens (including phenoxy) is 1. The van der Waals surface area contributed by atoms with Gasteiger partial charge in [0.2, 0.25) is 0 Å². The summed E-state index contributed by atoms with van der Waals surface area (Å²) in [6.07, 6.45) is -0.927. The summed E-state index contributed by atoms with van der Waals surface area (Å²) in [5.41, 5.74) is -0.234. The summed E-state index contributed by atoms with van der Waals surface area (Å²) in [6.45, 7) is 1.50. The van der Waals surface area contributed by atoms with Crippen molar-refractivity contribution in [3.05, 3.63) is 60.5 Å². The van der Waals surface area contributed by atoms with Gasteiger partial charge in [0, 0.05) is 11.1 Å². The number of carbonyl (C=O) groups is 1. The van der Waals surface area contributed by atoms with Crippen LogP contribution in [0.25, 0.3) is 0 Å². The molecule has 1 atom stereocenters. The van der Waals surface area contributed by atoms with E-state index in [1.807, 2.05) is 0 Å². The molecule has 0 aromatic heterocycles. The molecule has 0 saturated heterocycles. The number of rotatable bonds is 5. The molecule has 0 bridgehead atoms. The van der Waals surface area contributed by atoms with Crippen LogP contribution >= 0.6 is 46.4 Å².